The lowest BCUT2D eigenvalue weighted by Gasteiger charge is -2.30. The van der Waals surface area contributed by atoms with Gasteiger partial charge in [-0.15, -0.1) is 0 Å². The third-order valence-corrected chi connectivity index (χ3v) is 5.82. The van der Waals surface area contributed by atoms with Crippen molar-refractivity contribution in [3.05, 3.63) is 53.3 Å². The maximum atomic E-state index is 14.3. The van der Waals surface area contributed by atoms with Gasteiger partial charge in [0.1, 0.15) is 5.70 Å². The molecule has 3 atom stereocenters. The zero-order valence-corrected chi connectivity index (χ0v) is 21.1. The average molecular weight is 523 g/mol. The van der Waals surface area contributed by atoms with Gasteiger partial charge in [-0.3, -0.25) is 19.2 Å². The molecule has 2 bridgehead atoms. The lowest BCUT2D eigenvalue weighted by Crippen LogP contribution is -2.51. The normalized spacial score (nSPS) is 23.4. The van der Waals surface area contributed by atoms with Crippen molar-refractivity contribution in [2.24, 2.45) is 5.92 Å². The van der Waals surface area contributed by atoms with E-state index in [1.807, 2.05) is 0 Å². The van der Waals surface area contributed by atoms with Crippen molar-refractivity contribution in [2.45, 2.75) is 58.6 Å². The summed E-state index contributed by atoms with van der Waals surface area (Å²) in [7, 11) is 0. The molecule has 4 N–H and O–H groups in total. The molecule has 196 valence electrons. The average Bonchev–Trinajstić information content (AvgIpc) is 2.83. The Morgan fingerprint density at radius 2 is 2.03 bits per heavy atom. The first kappa shape index (κ1) is 29.1. The second-order valence-corrected chi connectivity index (χ2v) is 9.20. The minimum atomic E-state index is -1.49. The number of aliphatic hydroxyl groups excluding tert-OH is 1. The van der Waals surface area contributed by atoms with Gasteiger partial charge in [-0.25, -0.2) is 9.37 Å². The maximum Gasteiger partial charge on any atom is 0.277 e. The molecule has 2 rings (SSSR count). The number of ether oxygens (including phenoxy) is 1. The van der Waals surface area contributed by atoms with Gasteiger partial charge in [-0.2, -0.15) is 0 Å². The number of carbonyl (C=O) groups excluding carboxylic acids is 4. The highest BCUT2D eigenvalue weighted by atomic mass is 32.2. The Morgan fingerprint density at radius 1 is 1.28 bits per heavy atom. The van der Waals surface area contributed by atoms with Crippen LogP contribution in [0.2, 0.25) is 0 Å². The van der Waals surface area contributed by atoms with E-state index in [1.54, 1.807) is 26.0 Å². The van der Waals surface area contributed by atoms with Crippen LogP contribution in [-0.2, 0) is 25.7 Å². The van der Waals surface area contributed by atoms with Crippen LogP contribution in [0.3, 0.4) is 0 Å². The Hall–Kier alpha value is -3.09. The number of hydrogen-bond donors (Lipinski definition) is 4. The second-order valence-electron chi connectivity index (χ2n) is 8.26. The Labute approximate surface area is 213 Å². The van der Waals surface area contributed by atoms with Crippen LogP contribution in [0, 0.1) is 11.7 Å². The minimum Gasteiger partial charge on any atom is -0.366 e. The monoisotopic (exact) mass is 522 g/mol. The molecule has 0 saturated heterocycles. The summed E-state index contributed by atoms with van der Waals surface area (Å²) >= 11 is 1.10. The van der Waals surface area contributed by atoms with E-state index in [0.29, 0.717) is 12.2 Å². The number of pyridine rings is 1. The number of rotatable bonds is 6. The summed E-state index contributed by atoms with van der Waals surface area (Å²) in [6.45, 7) is 4.94. The summed E-state index contributed by atoms with van der Waals surface area (Å²) in [6, 6.07) is 1.48. The number of nitrogens with one attached hydrogen (secondary N) is 3. The van der Waals surface area contributed by atoms with Crippen LogP contribution in [0.4, 0.5) is 4.39 Å². The lowest BCUT2D eigenvalue weighted by atomic mass is 10.0. The van der Waals surface area contributed by atoms with Crippen LogP contribution in [0.1, 0.15) is 49.8 Å². The number of aromatic nitrogens is 1. The van der Waals surface area contributed by atoms with Crippen molar-refractivity contribution in [3.8, 4) is 0 Å². The predicted octanol–water partition coefficient (Wildman–Crippen LogP) is 1.59. The number of aliphatic hydroxyl groups is 1. The molecule has 10 nitrogen and oxygen atoms in total. The third kappa shape index (κ3) is 8.85. The van der Waals surface area contributed by atoms with E-state index in [-0.39, 0.29) is 30.3 Å². The Bertz CT molecular complexity index is 1020. The summed E-state index contributed by atoms with van der Waals surface area (Å²) in [5.41, 5.74) is 0.278. The van der Waals surface area contributed by atoms with Crippen molar-refractivity contribution in [3.63, 3.8) is 0 Å². The van der Waals surface area contributed by atoms with Crippen molar-refractivity contribution in [1.82, 2.24) is 20.9 Å². The molecule has 0 aliphatic carbocycles. The molecule has 36 heavy (non-hydrogen) atoms. The van der Waals surface area contributed by atoms with E-state index in [2.05, 4.69) is 20.9 Å². The quantitative estimate of drug-likeness (QED) is 0.191. The summed E-state index contributed by atoms with van der Waals surface area (Å²) in [5.74, 6) is -2.73. The van der Waals surface area contributed by atoms with Gasteiger partial charge in [-0.1, -0.05) is 43.8 Å². The van der Waals surface area contributed by atoms with Crippen LogP contribution in [0.15, 0.2) is 36.1 Å². The van der Waals surface area contributed by atoms with Crippen molar-refractivity contribution in [1.29, 1.82) is 0 Å². The SMILES string of the molecule is C/C=C1\NC(=O)c2nc(ccc2F)CNC(=O)C[C@@H](/C=C/CCSC=O)OC(O)[C@H](C(C)C)NC1=O. The van der Waals surface area contributed by atoms with E-state index < -0.39 is 47.7 Å². The summed E-state index contributed by atoms with van der Waals surface area (Å²) in [6.07, 6.45) is 2.73. The molecule has 0 saturated carbocycles. The number of amides is 3. The van der Waals surface area contributed by atoms with Gasteiger partial charge < -0.3 is 25.8 Å². The number of halogens is 1. The standard InChI is InChI=1S/C24H31FN4O6S/c1-4-18-22(32)29-20(14(2)3)24(34)35-16(7-5-6-10-36-13-30)11-19(31)26-12-15-8-9-17(25)21(27-15)23(33)28-18/h4-5,7-9,13-14,16,20,24,34H,6,10-12H2,1-3H3,(H,26,31)(H,28,33)(H,29,32)/b7-5+,18-4-/t16-,20+,24?/m1/s1. The van der Waals surface area contributed by atoms with Crippen LogP contribution in [0.5, 0.6) is 0 Å². The number of carbonyl (C=O) groups is 4. The molecule has 0 spiro atoms. The van der Waals surface area contributed by atoms with Gasteiger partial charge in [0.15, 0.2) is 23.4 Å². The van der Waals surface area contributed by atoms with E-state index >= 15 is 0 Å². The van der Waals surface area contributed by atoms with Gasteiger partial charge in [0.05, 0.1) is 30.8 Å². The smallest absolute Gasteiger partial charge is 0.277 e. The first-order valence-electron chi connectivity index (χ1n) is 11.4. The zero-order valence-electron chi connectivity index (χ0n) is 20.3. The number of allylic oxidation sites excluding steroid dienone is 2. The second kappa shape index (κ2) is 14.5. The molecule has 0 aromatic carbocycles. The molecule has 12 heteroatoms. The summed E-state index contributed by atoms with van der Waals surface area (Å²) in [4.78, 5) is 52.6. The molecule has 1 unspecified atom stereocenters. The first-order chi connectivity index (χ1) is 17.2. The molecular weight excluding hydrogens is 491 g/mol. The van der Waals surface area contributed by atoms with Crippen LogP contribution in [0.25, 0.3) is 0 Å². The van der Waals surface area contributed by atoms with Gasteiger partial charge in [-0.05, 0) is 31.4 Å². The number of thioether (sulfide) groups is 1. The van der Waals surface area contributed by atoms with Gasteiger partial charge in [0.25, 0.3) is 11.8 Å². The molecule has 1 aliphatic rings. The van der Waals surface area contributed by atoms with E-state index in [4.69, 9.17) is 4.74 Å². The topological polar surface area (TPSA) is 147 Å². The molecule has 1 aromatic rings. The van der Waals surface area contributed by atoms with Gasteiger partial charge >= 0.3 is 0 Å². The van der Waals surface area contributed by atoms with Crippen LogP contribution >= 0.6 is 11.8 Å². The highest BCUT2D eigenvalue weighted by Crippen LogP contribution is 2.15. The van der Waals surface area contributed by atoms with E-state index in [0.717, 1.165) is 23.4 Å². The number of hydrogen-bond acceptors (Lipinski definition) is 8. The first-order valence-corrected chi connectivity index (χ1v) is 12.5. The zero-order chi connectivity index (χ0) is 26.7. The summed E-state index contributed by atoms with van der Waals surface area (Å²) in [5, 5.41) is 18.4. The molecule has 0 fully saturated rings. The Balaban J connectivity index is 2.38. The van der Waals surface area contributed by atoms with E-state index in [9.17, 15) is 28.7 Å². The van der Waals surface area contributed by atoms with Gasteiger partial charge in [0.2, 0.25) is 5.91 Å². The molecule has 0 radical (unpaired) electrons. The van der Waals surface area contributed by atoms with Gasteiger partial charge in [0, 0.05) is 5.75 Å². The maximum absolute atomic E-state index is 14.3. The number of fused-ring (bicyclic) bond motifs is 2. The number of nitrogens with zero attached hydrogens (tertiary/aromatic N) is 1. The van der Waals surface area contributed by atoms with Crippen molar-refractivity contribution in [2.75, 3.05) is 5.75 Å². The fraction of sp³-hybridized carbons (Fsp3) is 0.458. The highest BCUT2D eigenvalue weighted by molar-refractivity contribution is 8.11. The largest absolute Gasteiger partial charge is 0.366 e. The molecular formula is C24H31FN4O6S. The summed E-state index contributed by atoms with van der Waals surface area (Å²) < 4.78 is 20.1. The van der Waals surface area contributed by atoms with Crippen LogP contribution < -0.4 is 16.0 Å². The molecule has 1 aromatic heterocycles. The predicted molar refractivity (Wildman–Crippen MR) is 132 cm³/mol. The van der Waals surface area contributed by atoms with Crippen molar-refractivity contribution < 1.29 is 33.4 Å². The molecule has 2 heterocycles. The van der Waals surface area contributed by atoms with E-state index in [1.165, 1.54) is 19.1 Å². The minimum absolute atomic E-state index is 0.0834. The molecule has 3 amide bonds. The third-order valence-electron chi connectivity index (χ3n) is 5.21. The van der Waals surface area contributed by atoms with Crippen LogP contribution in [-0.4, -0.2) is 57.6 Å². The Kier molecular flexibility index (Phi) is 11.7. The molecule has 1 aliphatic heterocycles. The fourth-order valence-electron chi connectivity index (χ4n) is 3.28. The lowest BCUT2D eigenvalue weighted by molar-refractivity contribution is -0.157. The van der Waals surface area contributed by atoms with Crippen molar-refractivity contribution >= 4 is 35.1 Å². The highest BCUT2D eigenvalue weighted by Gasteiger charge is 2.30. The Morgan fingerprint density at radius 3 is 2.69 bits per heavy atom. The fourth-order valence-corrected chi connectivity index (χ4v) is 3.65.